The Morgan fingerprint density at radius 1 is 1.17 bits per heavy atom. The van der Waals surface area contributed by atoms with Gasteiger partial charge < -0.3 is 9.88 Å². The number of nitrogens with zero attached hydrogens (tertiary/aromatic N) is 4. The molecule has 0 unspecified atom stereocenters. The van der Waals surface area contributed by atoms with E-state index in [9.17, 15) is 8.42 Å². The van der Waals surface area contributed by atoms with E-state index in [1.807, 2.05) is 41.1 Å². The summed E-state index contributed by atoms with van der Waals surface area (Å²) in [5.74, 6) is 1.31. The van der Waals surface area contributed by atoms with Gasteiger partial charge in [-0.25, -0.2) is 18.1 Å². The van der Waals surface area contributed by atoms with Crippen LogP contribution in [0.2, 0.25) is 0 Å². The van der Waals surface area contributed by atoms with Gasteiger partial charge in [-0.1, -0.05) is 12.1 Å². The Hall–Kier alpha value is -2.96. The van der Waals surface area contributed by atoms with Gasteiger partial charge in [0.05, 0.1) is 24.3 Å². The molecular weight excluding hydrogens is 400 g/mol. The SMILES string of the molecule is CS(=O)(=O)N[C@H]1CC[C@H](Nc2nccc(-n3ccc4c(CC#N)cccc43)n2)CC1. The summed E-state index contributed by atoms with van der Waals surface area (Å²) in [5, 5.41) is 13.5. The van der Waals surface area contributed by atoms with Gasteiger partial charge in [0, 0.05) is 29.9 Å². The van der Waals surface area contributed by atoms with Gasteiger partial charge >= 0.3 is 0 Å². The summed E-state index contributed by atoms with van der Waals surface area (Å²) in [7, 11) is -3.17. The third kappa shape index (κ3) is 4.61. The summed E-state index contributed by atoms with van der Waals surface area (Å²) in [6.07, 6.45) is 8.53. The molecule has 1 fully saturated rings. The van der Waals surface area contributed by atoms with Crippen molar-refractivity contribution < 1.29 is 8.42 Å². The summed E-state index contributed by atoms with van der Waals surface area (Å²) in [4.78, 5) is 9.04. The predicted molar refractivity (Wildman–Crippen MR) is 116 cm³/mol. The normalized spacial score (nSPS) is 19.5. The Morgan fingerprint density at radius 3 is 2.67 bits per heavy atom. The molecule has 3 aromatic rings. The van der Waals surface area contributed by atoms with Crippen molar-refractivity contribution >= 4 is 26.9 Å². The highest BCUT2D eigenvalue weighted by Gasteiger charge is 2.23. The molecule has 2 N–H and O–H groups in total. The predicted octanol–water partition coefficient (Wildman–Crippen LogP) is 2.76. The molecule has 0 radical (unpaired) electrons. The average Bonchev–Trinajstić information content (AvgIpc) is 3.14. The van der Waals surface area contributed by atoms with Crippen LogP contribution in [0.15, 0.2) is 42.7 Å². The molecule has 0 bridgehead atoms. The molecule has 0 amide bonds. The molecule has 2 aromatic heterocycles. The molecule has 30 heavy (non-hydrogen) atoms. The maximum Gasteiger partial charge on any atom is 0.224 e. The van der Waals surface area contributed by atoms with Crippen molar-refractivity contribution in [2.45, 2.75) is 44.2 Å². The fourth-order valence-corrected chi connectivity index (χ4v) is 4.91. The highest BCUT2D eigenvalue weighted by atomic mass is 32.2. The number of anilines is 1. The molecule has 2 heterocycles. The minimum atomic E-state index is -3.17. The number of benzene rings is 1. The second-order valence-electron chi connectivity index (χ2n) is 7.69. The second kappa shape index (κ2) is 8.42. The summed E-state index contributed by atoms with van der Waals surface area (Å²) in [6.45, 7) is 0. The van der Waals surface area contributed by atoms with Crippen LogP contribution in [0.5, 0.6) is 0 Å². The molecule has 0 aliphatic heterocycles. The van der Waals surface area contributed by atoms with E-state index in [0.29, 0.717) is 12.4 Å². The zero-order chi connectivity index (χ0) is 21.1. The first kappa shape index (κ1) is 20.3. The van der Waals surface area contributed by atoms with Gasteiger partial charge in [-0.15, -0.1) is 0 Å². The van der Waals surface area contributed by atoms with E-state index in [1.165, 1.54) is 6.26 Å². The van der Waals surface area contributed by atoms with Gasteiger partial charge in [-0.3, -0.25) is 0 Å². The van der Waals surface area contributed by atoms with Crippen LogP contribution in [0.4, 0.5) is 5.95 Å². The van der Waals surface area contributed by atoms with E-state index in [1.54, 1.807) is 6.20 Å². The molecule has 1 aliphatic rings. The first-order valence-electron chi connectivity index (χ1n) is 9.96. The molecule has 8 nitrogen and oxygen atoms in total. The third-order valence-electron chi connectivity index (χ3n) is 5.42. The molecular formula is C21H24N6O2S. The van der Waals surface area contributed by atoms with E-state index in [2.05, 4.69) is 26.1 Å². The van der Waals surface area contributed by atoms with Crippen LogP contribution < -0.4 is 10.0 Å². The number of nitrogens with one attached hydrogen (secondary N) is 2. The molecule has 0 saturated heterocycles. The van der Waals surface area contributed by atoms with Crippen molar-refractivity contribution in [2.75, 3.05) is 11.6 Å². The Bertz CT molecular complexity index is 1190. The summed E-state index contributed by atoms with van der Waals surface area (Å²) < 4.78 is 27.5. The van der Waals surface area contributed by atoms with Crippen LogP contribution in [-0.4, -0.2) is 41.3 Å². The van der Waals surface area contributed by atoms with E-state index in [0.717, 1.165) is 48.0 Å². The molecule has 0 spiro atoms. The highest BCUT2D eigenvalue weighted by Crippen LogP contribution is 2.25. The van der Waals surface area contributed by atoms with Crippen LogP contribution in [0, 0.1) is 11.3 Å². The van der Waals surface area contributed by atoms with E-state index < -0.39 is 10.0 Å². The number of nitriles is 1. The van der Waals surface area contributed by atoms with Crippen LogP contribution in [0.1, 0.15) is 31.2 Å². The lowest BCUT2D eigenvalue weighted by atomic mass is 9.92. The van der Waals surface area contributed by atoms with Crippen molar-refractivity contribution in [3.63, 3.8) is 0 Å². The van der Waals surface area contributed by atoms with E-state index in [4.69, 9.17) is 5.26 Å². The number of sulfonamides is 1. The summed E-state index contributed by atoms with van der Waals surface area (Å²) in [6, 6.07) is 12.2. The third-order valence-corrected chi connectivity index (χ3v) is 6.18. The Morgan fingerprint density at radius 2 is 1.93 bits per heavy atom. The summed E-state index contributed by atoms with van der Waals surface area (Å²) >= 11 is 0. The monoisotopic (exact) mass is 424 g/mol. The topological polar surface area (TPSA) is 113 Å². The number of hydrogen-bond donors (Lipinski definition) is 2. The maximum absolute atomic E-state index is 11.4. The van der Waals surface area contributed by atoms with Gasteiger partial charge in [-0.05, 0) is 49.4 Å². The van der Waals surface area contributed by atoms with Crippen LogP contribution in [0.3, 0.4) is 0 Å². The fraction of sp³-hybridized carbons (Fsp3) is 0.381. The van der Waals surface area contributed by atoms with Crippen molar-refractivity contribution in [3.05, 3.63) is 48.3 Å². The molecule has 0 atom stereocenters. The molecule has 1 saturated carbocycles. The van der Waals surface area contributed by atoms with Gasteiger partial charge in [0.15, 0.2) is 0 Å². The van der Waals surface area contributed by atoms with E-state index in [-0.39, 0.29) is 12.1 Å². The molecule has 1 aromatic carbocycles. The Balaban J connectivity index is 1.49. The molecule has 156 valence electrons. The van der Waals surface area contributed by atoms with Crippen LogP contribution in [0.25, 0.3) is 16.7 Å². The quantitative estimate of drug-likeness (QED) is 0.629. The zero-order valence-electron chi connectivity index (χ0n) is 16.7. The first-order chi connectivity index (χ1) is 14.4. The number of hydrogen-bond acceptors (Lipinski definition) is 6. The highest BCUT2D eigenvalue weighted by molar-refractivity contribution is 7.88. The van der Waals surface area contributed by atoms with E-state index >= 15 is 0 Å². The average molecular weight is 425 g/mol. The summed E-state index contributed by atoms with van der Waals surface area (Å²) in [5.41, 5.74) is 2.00. The van der Waals surface area contributed by atoms with Crippen LogP contribution >= 0.6 is 0 Å². The molecule has 9 heteroatoms. The lowest BCUT2D eigenvalue weighted by molar-refractivity contribution is 0.387. The lowest BCUT2D eigenvalue weighted by Gasteiger charge is -2.29. The second-order valence-corrected chi connectivity index (χ2v) is 9.47. The number of rotatable bonds is 6. The van der Waals surface area contributed by atoms with Crippen molar-refractivity contribution in [1.82, 2.24) is 19.3 Å². The maximum atomic E-state index is 11.4. The smallest absolute Gasteiger partial charge is 0.224 e. The minimum absolute atomic E-state index is 0.000789. The van der Waals surface area contributed by atoms with Gasteiger partial charge in [0.25, 0.3) is 0 Å². The number of fused-ring (bicyclic) bond motifs is 1. The van der Waals surface area contributed by atoms with Gasteiger partial charge in [0.2, 0.25) is 16.0 Å². The molecule has 4 rings (SSSR count). The first-order valence-corrected chi connectivity index (χ1v) is 11.9. The van der Waals surface area contributed by atoms with Gasteiger partial charge in [-0.2, -0.15) is 10.2 Å². The van der Waals surface area contributed by atoms with Crippen molar-refractivity contribution in [2.24, 2.45) is 0 Å². The number of aromatic nitrogens is 3. The standard InChI is InChI=1S/C21H24N6O2S/c1-30(28,29)26-17-7-5-16(6-8-17)24-21-23-13-10-20(25-21)27-14-11-18-15(9-12-22)3-2-4-19(18)27/h2-4,10-11,13-14,16-17,26H,5-9H2,1H3,(H,23,24,25)/t16-,17-. The zero-order valence-corrected chi connectivity index (χ0v) is 17.6. The largest absolute Gasteiger partial charge is 0.351 e. The minimum Gasteiger partial charge on any atom is -0.351 e. The Kier molecular flexibility index (Phi) is 5.70. The Labute approximate surface area is 176 Å². The van der Waals surface area contributed by atoms with Crippen molar-refractivity contribution in [1.29, 1.82) is 5.26 Å². The van der Waals surface area contributed by atoms with Crippen LogP contribution in [-0.2, 0) is 16.4 Å². The molecule has 1 aliphatic carbocycles. The van der Waals surface area contributed by atoms with Gasteiger partial charge in [0.1, 0.15) is 5.82 Å². The lowest BCUT2D eigenvalue weighted by Crippen LogP contribution is -2.39. The van der Waals surface area contributed by atoms with Crippen molar-refractivity contribution in [3.8, 4) is 11.9 Å². The fourth-order valence-electron chi connectivity index (χ4n) is 4.06.